The molecule has 3 nitrogen and oxygen atoms in total. The molecule has 1 saturated heterocycles. The van der Waals surface area contributed by atoms with E-state index in [1.807, 2.05) is 18.2 Å². The van der Waals surface area contributed by atoms with Crippen molar-refractivity contribution in [2.24, 2.45) is 5.92 Å². The summed E-state index contributed by atoms with van der Waals surface area (Å²) in [6, 6.07) is 16.3. The molecule has 1 N–H and O–H groups in total. The Bertz CT molecular complexity index is 706. The summed E-state index contributed by atoms with van der Waals surface area (Å²) < 4.78 is 0. The molecule has 1 heterocycles. The van der Waals surface area contributed by atoms with Crippen molar-refractivity contribution in [1.29, 1.82) is 0 Å². The molecule has 2 aromatic rings. The zero-order valence-electron chi connectivity index (χ0n) is 14.7. The summed E-state index contributed by atoms with van der Waals surface area (Å²) in [7, 11) is 0. The van der Waals surface area contributed by atoms with Crippen LogP contribution in [-0.2, 0) is 17.9 Å². The second-order valence-electron chi connectivity index (χ2n) is 6.88. The second-order valence-corrected chi connectivity index (χ2v) is 7.32. The predicted octanol–water partition coefficient (Wildman–Crippen LogP) is 4.18. The van der Waals surface area contributed by atoms with Crippen molar-refractivity contribution in [2.75, 3.05) is 13.1 Å². The van der Waals surface area contributed by atoms with Gasteiger partial charge in [0.15, 0.2) is 0 Å². The monoisotopic (exact) mass is 356 g/mol. The molecule has 1 aliphatic rings. The maximum atomic E-state index is 12.4. The Kier molecular flexibility index (Phi) is 6.11. The predicted molar refractivity (Wildman–Crippen MR) is 102 cm³/mol. The molecule has 0 unspecified atom stereocenters. The number of likely N-dealkylation sites (tertiary alicyclic amines) is 1. The molecule has 0 aromatic heterocycles. The number of benzene rings is 2. The lowest BCUT2D eigenvalue weighted by Gasteiger charge is -2.31. The van der Waals surface area contributed by atoms with E-state index < -0.39 is 0 Å². The number of nitrogens with zero attached hydrogens (tertiary/aromatic N) is 1. The molecule has 0 radical (unpaired) electrons. The fourth-order valence-electron chi connectivity index (χ4n) is 3.29. The second kappa shape index (κ2) is 8.50. The summed E-state index contributed by atoms with van der Waals surface area (Å²) in [6.07, 6.45) is 1.83. The molecular weight excluding hydrogens is 332 g/mol. The molecule has 1 aliphatic heterocycles. The zero-order chi connectivity index (χ0) is 17.6. The van der Waals surface area contributed by atoms with E-state index in [1.165, 1.54) is 11.1 Å². The number of hydrogen-bond acceptors (Lipinski definition) is 2. The first-order chi connectivity index (χ1) is 12.1. The van der Waals surface area contributed by atoms with Crippen LogP contribution in [0.25, 0.3) is 0 Å². The topological polar surface area (TPSA) is 32.3 Å². The molecule has 3 rings (SSSR count). The number of piperidine rings is 1. The standard InChI is InChI=1S/C21H25ClN2O/c1-16-5-7-17(8-6-16)14-23-21(25)19-9-11-24(12-10-19)15-18-3-2-4-20(22)13-18/h2-8,13,19H,9-12,14-15H2,1H3,(H,23,25). The smallest absolute Gasteiger partial charge is 0.223 e. The van der Waals surface area contributed by atoms with Crippen molar-refractivity contribution in [3.05, 3.63) is 70.2 Å². The van der Waals surface area contributed by atoms with Gasteiger partial charge in [0.2, 0.25) is 5.91 Å². The summed E-state index contributed by atoms with van der Waals surface area (Å²) in [4.78, 5) is 14.8. The van der Waals surface area contributed by atoms with Gasteiger partial charge >= 0.3 is 0 Å². The van der Waals surface area contributed by atoms with Gasteiger partial charge in [0.05, 0.1) is 0 Å². The fourth-order valence-corrected chi connectivity index (χ4v) is 3.50. The van der Waals surface area contributed by atoms with Crippen LogP contribution in [0.5, 0.6) is 0 Å². The average Bonchev–Trinajstić information content (AvgIpc) is 2.62. The number of aryl methyl sites for hydroxylation is 1. The van der Waals surface area contributed by atoms with Gasteiger partial charge in [-0.15, -0.1) is 0 Å². The summed E-state index contributed by atoms with van der Waals surface area (Å²) in [5, 5.41) is 3.87. The van der Waals surface area contributed by atoms with Gasteiger partial charge in [-0.3, -0.25) is 9.69 Å². The first kappa shape index (κ1) is 18.0. The van der Waals surface area contributed by atoms with E-state index in [1.54, 1.807) is 0 Å². The van der Waals surface area contributed by atoms with Crippen LogP contribution in [0.15, 0.2) is 48.5 Å². The number of carbonyl (C=O) groups is 1. The van der Waals surface area contributed by atoms with Crippen LogP contribution in [0.1, 0.15) is 29.5 Å². The number of amides is 1. The highest BCUT2D eigenvalue weighted by molar-refractivity contribution is 6.30. The maximum absolute atomic E-state index is 12.4. The summed E-state index contributed by atoms with van der Waals surface area (Å²) in [5.74, 6) is 0.309. The van der Waals surface area contributed by atoms with Gasteiger partial charge in [-0.25, -0.2) is 0 Å². The van der Waals surface area contributed by atoms with Crippen molar-refractivity contribution >= 4 is 17.5 Å². The Balaban J connectivity index is 1.43. The van der Waals surface area contributed by atoms with Crippen molar-refractivity contribution in [1.82, 2.24) is 10.2 Å². The van der Waals surface area contributed by atoms with E-state index in [2.05, 4.69) is 47.5 Å². The molecule has 1 fully saturated rings. The molecule has 0 aliphatic carbocycles. The fraction of sp³-hybridized carbons (Fsp3) is 0.381. The summed E-state index contributed by atoms with van der Waals surface area (Å²) in [5.41, 5.74) is 3.62. The largest absolute Gasteiger partial charge is 0.352 e. The first-order valence-electron chi connectivity index (χ1n) is 8.90. The van der Waals surface area contributed by atoms with Crippen LogP contribution < -0.4 is 5.32 Å². The van der Waals surface area contributed by atoms with E-state index in [0.717, 1.165) is 43.1 Å². The van der Waals surface area contributed by atoms with Crippen molar-refractivity contribution in [3.8, 4) is 0 Å². The third-order valence-electron chi connectivity index (χ3n) is 4.84. The van der Waals surface area contributed by atoms with Crippen LogP contribution in [0.2, 0.25) is 5.02 Å². The minimum atomic E-state index is 0.126. The molecule has 0 atom stereocenters. The highest BCUT2D eigenvalue weighted by Crippen LogP contribution is 2.20. The zero-order valence-corrected chi connectivity index (χ0v) is 15.4. The van der Waals surface area contributed by atoms with Crippen molar-refractivity contribution < 1.29 is 4.79 Å². The Morgan fingerprint density at radius 2 is 1.84 bits per heavy atom. The highest BCUT2D eigenvalue weighted by Gasteiger charge is 2.24. The molecule has 0 bridgehead atoms. The van der Waals surface area contributed by atoms with E-state index >= 15 is 0 Å². The highest BCUT2D eigenvalue weighted by atomic mass is 35.5. The molecule has 25 heavy (non-hydrogen) atoms. The molecule has 132 valence electrons. The van der Waals surface area contributed by atoms with Gasteiger partial charge in [-0.2, -0.15) is 0 Å². The minimum absolute atomic E-state index is 0.126. The van der Waals surface area contributed by atoms with Gasteiger partial charge in [-0.05, 0) is 56.1 Å². The van der Waals surface area contributed by atoms with Crippen LogP contribution in [-0.4, -0.2) is 23.9 Å². The van der Waals surface area contributed by atoms with Crippen LogP contribution in [0.4, 0.5) is 0 Å². The molecular formula is C21H25ClN2O. The van der Waals surface area contributed by atoms with Crippen LogP contribution in [0, 0.1) is 12.8 Å². The lowest BCUT2D eigenvalue weighted by atomic mass is 9.95. The van der Waals surface area contributed by atoms with Gasteiger partial charge < -0.3 is 5.32 Å². The Labute approximate surface area is 155 Å². The van der Waals surface area contributed by atoms with E-state index in [4.69, 9.17) is 11.6 Å². The summed E-state index contributed by atoms with van der Waals surface area (Å²) in [6.45, 7) is 5.49. The molecule has 4 heteroatoms. The van der Waals surface area contributed by atoms with Gasteiger partial charge in [0.1, 0.15) is 0 Å². The Morgan fingerprint density at radius 3 is 2.52 bits per heavy atom. The van der Waals surface area contributed by atoms with E-state index in [9.17, 15) is 4.79 Å². The van der Waals surface area contributed by atoms with Crippen molar-refractivity contribution in [2.45, 2.75) is 32.9 Å². The number of nitrogens with one attached hydrogen (secondary N) is 1. The molecule has 0 spiro atoms. The summed E-state index contributed by atoms with van der Waals surface area (Å²) >= 11 is 6.05. The third-order valence-corrected chi connectivity index (χ3v) is 5.08. The van der Waals surface area contributed by atoms with E-state index in [0.29, 0.717) is 6.54 Å². The quantitative estimate of drug-likeness (QED) is 0.871. The lowest BCUT2D eigenvalue weighted by Crippen LogP contribution is -2.40. The average molecular weight is 357 g/mol. The number of carbonyl (C=O) groups excluding carboxylic acids is 1. The molecule has 2 aromatic carbocycles. The van der Waals surface area contributed by atoms with Crippen molar-refractivity contribution in [3.63, 3.8) is 0 Å². The normalized spacial score (nSPS) is 15.9. The minimum Gasteiger partial charge on any atom is -0.352 e. The molecule has 0 saturated carbocycles. The van der Waals surface area contributed by atoms with Gasteiger partial charge in [0.25, 0.3) is 0 Å². The SMILES string of the molecule is Cc1ccc(CNC(=O)C2CCN(Cc3cccc(Cl)c3)CC2)cc1. The molecule has 1 amide bonds. The van der Waals surface area contributed by atoms with Crippen LogP contribution >= 0.6 is 11.6 Å². The van der Waals surface area contributed by atoms with Crippen LogP contribution in [0.3, 0.4) is 0 Å². The maximum Gasteiger partial charge on any atom is 0.223 e. The number of rotatable bonds is 5. The Hall–Kier alpha value is -1.84. The Morgan fingerprint density at radius 1 is 1.12 bits per heavy atom. The van der Waals surface area contributed by atoms with E-state index in [-0.39, 0.29) is 11.8 Å². The third kappa shape index (κ3) is 5.32. The first-order valence-corrected chi connectivity index (χ1v) is 9.28. The van der Waals surface area contributed by atoms with Gasteiger partial charge in [0, 0.05) is 24.0 Å². The number of hydrogen-bond donors (Lipinski definition) is 1. The number of halogens is 1. The lowest BCUT2D eigenvalue weighted by molar-refractivity contribution is -0.126. The van der Waals surface area contributed by atoms with Gasteiger partial charge in [-0.1, -0.05) is 53.6 Å².